The highest BCUT2D eigenvalue weighted by molar-refractivity contribution is 7.99. The molecule has 11 heteroatoms. The quantitative estimate of drug-likeness (QED) is 0.232. The van der Waals surface area contributed by atoms with Crippen molar-refractivity contribution in [3.05, 3.63) is 71.0 Å². The lowest BCUT2D eigenvalue weighted by molar-refractivity contribution is -0.113. The van der Waals surface area contributed by atoms with E-state index in [2.05, 4.69) is 27.1 Å². The molecule has 32 heavy (non-hydrogen) atoms. The molecular weight excluding hydrogens is 489 g/mol. The van der Waals surface area contributed by atoms with E-state index >= 15 is 0 Å². The fourth-order valence-electron chi connectivity index (χ4n) is 2.79. The molecule has 0 aliphatic heterocycles. The van der Waals surface area contributed by atoms with Crippen molar-refractivity contribution in [1.82, 2.24) is 19.7 Å². The standard InChI is InChI=1S/C21H17Cl2N5O2S2/c1-2-9-28-18(11-30-16-10-13(22)7-8-14(16)23)26-27-21(28)31-12-19(29)25-20-24-15-5-3-4-6-17(15)32-20/h2-8,10H,1,9,11-12H2,(H,24,25,29). The number of nitrogens with one attached hydrogen (secondary N) is 1. The smallest absolute Gasteiger partial charge is 0.236 e. The fourth-order valence-corrected chi connectivity index (χ4v) is 4.77. The third-order valence-electron chi connectivity index (χ3n) is 4.23. The molecule has 0 saturated heterocycles. The van der Waals surface area contributed by atoms with Gasteiger partial charge in [0.15, 0.2) is 16.1 Å². The molecule has 0 bridgehead atoms. The van der Waals surface area contributed by atoms with E-state index in [1.165, 1.54) is 23.1 Å². The zero-order valence-corrected chi connectivity index (χ0v) is 19.8. The molecule has 1 amide bonds. The molecule has 2 aromatic heterocycles. The van der Waals surface area contributed by atoms with Crippen molar-refractivity contribution in [2.45, 2.75) is 18.3 Å². The van der Waals surface area contributed by atoms with Crippen LogP contribution in [0.15, 0.2) is 60.3 Å². The molecule has 0 saturated carbocycles. The predicted molar refractivity (Wildman–Crippen MR) is 130 cm³/mol. The minimum absolute atomic E-state index is 0.138. The molecule has 7 nitrogen and oxygen atoms in total. The molecule has 0 aliphatic rings. The number of fused-ring (bicyclic) bond motifs is 1. The number of hydrogen-bond donors (Lipinski definition) is 1. The number of carbonyl (C=O) groups is 1. The third kappa shape index (κ3) is 5.42. The summed E-state index contributed by atoms with van der Waals surface area (Å²) >= 11 is 14.9. The number of amides is 1. The van der Waals surface area contributed by atoms with E-state index in [-0.39, 0.29) is 18.3 Å². The van der Waals surface area contributed by atoms with Gasteiger partial charge < -0.3 is 10.1 Å². The fraction of sp³-hybridized carbons (Fsp3) is 0.143. The van der Waals surface area contributed by atoms with Crippen LogP contribution in [0.4, 0.5) is 5.13 Å². The largest absolute Gasteiger partial charge is 0.484 e. The van der Waals surface area contributed by atoms with E-state index in [9.17, 15) is 4.79 Å². The number of hydrogen-bond acceptors (Lipinski definition) is 7. The number of ether oxygens (including phenoxy) is 1. The number of thioether (sulfide) groups is 1. The maximum absolute atomic E-state index is 12.4. The van der Waals surface area contributed by atoms with Gasteiger partial charge >= 0.3 is 0 Å². The number of nitrogens with zero attached hydrogens (tertiary/aromatic N) is 4. The van der Waals surface area contributed by atoms with Crippen LogP contribution in [0.25, 0.3) is 10.2 Å². The van der Waals surface area contributed by atoms with Gasteiger partial charge in [-0.3, -0.25) is 9.36 Å². The summed E-state index contributed by atoms with van der Waals surface area (Å²) in [5.74, 6) is 1.02. The highest BCUT2D eigenvalue weighted by Gasteiger charge is 2.15. The minimum atomic E-state index is -0.175. The molecule has 2 heterocycles. The zero-order valence-electron chi connectivity index (χ0n) is 16.6. The van der Waals surface area contributed by atoms with Crippen molar-refractivity contribution in [3.8, 4) is 5.75 Å². The maximum atomic E-state index is 12.4. The van der Waals surface area contributed by atoms with Gasteiger partial charge in [0.2, 0.25) is 5.91 Å². The number of anilines is 1. The van der Waals surface area contributed by atoms with E-state index in [0.717, 1.165) is 10.2 Å². The van der Waals surface area contributed by atoms with Crippen molar-refractivity contribution in [3.63, 3.8) is 0 Å². The Hall–Kier alpha value is -2.59. The number of carbonyl (C=O) groups excluding carboxylic acids is 1. The van der Waals surface area contributed by atoms with Gasteiger partial charge in [0.25, 0.3) is 0 Å². The van der Waals surface area contributed by atoms with Crippen LogP contribution >= 0.6 is 46.3 Å². The van der Waals surface area contributed by atoms with Gasteiger partial charge in [-0.1, -0.05) is 64.5 Å². The summed E-state index contributed by atoms with van der Waals surface area (Å²) in [7, 11) is 0. The Kier molecular flexibility index (Phi) is 7.31. The van der Waals surface area contributed by atoms with E-state index in [4.69, 9.17) is 27.9 Å². The highest BCUT2D eigenvalue weighted by atomic mass is 35.5. The Morgan fingerprint density at radius 2 is 2.09 bits per heavy atom. The Labute approximate surface area is 202 Å². The molecule has 0 unspecified atom stereocenters. The monoisotopic (exact) mass is 505 g/mol. The van der Waals surface area contributed by atoms with Crippen LogP contribution in [-0.2, 0) is 17.9 Å². The second-order valence-electron chi connectivity index (χ2n) is 6.49. The number of rotatable bonds is 9. The van der Waals surface area contributed by atoms with Crippen LogP contribution in [0.3, 0.4) is 0 Å². The second-order valence-corrected chi connectivity index (χ2v) is 9.30. The normalized spacial score (nSPS) is 10.9. The summed E-state index contributed by atoms with van der Waals surface area (Å²) in [6.07, 6.45) is 1.73. The first-order valence-electron chi connectivity index (χ1n) is 9.42. The van der Waals surface area contributed by atoms with E-state index < -0.39 is 0 Å². The maximum Gasteiger partial charge on any atom is 0.236 e. The highest BCUT2D eigenvalue weighted by Crippen LogP contribution is 2.29. The SMILES string of the molecule is C=CCn1c(COc2cc(Cl)ccc2Cl)nnc1SCC(=O)Nc1nc2ccccc2s1. The van der Waals surface area contributed by atoms with E-state index in [1.807, 2.05) is 28.8 Å². The number of benzene rings is 2. The van der Waals surface area contributed by atoms with Gasteiger partial charge in [-0.2, -0.15) is 0 Å². The van der Waals surface area contributed by atoms with Gasteiger partial charge in [0.05, 0.1) is 21.0 Å². The second kappa shape index (κ2) is 10.4. The van der Waals surface area contributed by atoms with Crippen molar-refractivity contribution >= 4 is 67.6 Å². The summed E-state index contributed by atoms with van der Waals surface area (Å²) in [4.78, 5) is 16.8. The summed E-state index contributed by atoms with van der Waals surface area (Å²) in [6, 6.07) is 12.7. The molecule has 0 spiro atoms. The first-order chi connectivity index (χ1) is 15.5. The van der Waals surface area contributed by atoms with E-state index in [0.29, 0.717) is 38.5 Å². The summed E-state index contributed by atoms with van der Waals surface area (Å²) in [5, 5.41) is 13.3. The average molecular weight is 506 g/mol. The zero-order chi connectivity index (χ0) is 22.5. The Morgan fingerprint density at radius 3 is 2.91 bits per heavy atom. The molecule has 164 valence electrons. The van der Waals surface area contributed by atoms with Gasteiger partial charge in [0.1, 0.15) is 12.4 Å². The molecule has 0 atom stereocenters. The minimum Gasteiger partial charge on any atom is -0.484 e. The van der Waals surface area contributed by atoms with Gasteiger partial charge in [0, 0.05) is 17.6 Å². The first-order valence-corrected chi connectivity index (χ1v) is 12.0. The van der Waals surface area contributed by atoms with Crippen molar-refractivity contribution < 1.29 is 9.53 Å². The van der Waals surface area contributed by atoms with Crippen LogP contribution in [0, 0.1) is 0 Å². The van der Waals surface area contributed by atoms with Gasteiger partial charge in [-0.05, 0) is 24.3 Å². The predicted octanol–water partition coefficient (Wildman–Crippen LogP) is 5.69. The lowest BCUT2D eigenvalue weighted by Crippen LogP contribution is -2.14. The number of allylic oxidation sites excluding steroid dienone is 1. The van der Waals surface area contributed by atoms with Crippen LogP contribution in [0.5, 0.6) is 5.75 Å². The Bertz CT molecular complexity index is 1240. The number of para-hydroxylation sites is 1. The molecule has 0 fully saturated rings. The summed E-state index contributed by atoms with van der Waals surface area (Å²) in [6.45, 7) is 4.39. The van der Waals surface area contributed by atoms with Crippen LogP contribution in [0.2, 0.25) is 10.0 Å². The number of thiazole rings is 1. The molecule has 2 aromatic carbocycles. The Morgan fingerprint density at radius 1 is 1.25 bits per heavy atom. The van der Waals surface area contributed by atoms with Crippen LogP contribution in [-0.4, -0.2) is 31.4 Å². The van der Waals surface area contributed by atoms with Gasteiger partial charge in [-0.25, -0.2) is 4.98 Å². The van der Waals surface area contributed by atoms with Gasteiger partial charge in [-0.15, -0.1) is 16.8 Å². The van der Waals surface area contributed by atoms with Crippen LogP contribution < -0.4 is 10.1 Å². The molecule has 1 N–H and O–H groups in total. The molecule has 4 aromatic rings. The lowest BCUT2D eigenvalue weighted by atomic mass is 10.3. The van der Waals surface area contributed by atoms with Crippen molar-refractivity contribution in [2.75, 3.05) is 11.1 Å². The van der Waals surface area contributed by atoms with Crippen molar-refractivity contribution in [1.29, 1.82) is 0 Å². The van der Waals surface area contributed by atoms with Crippen molar-refractivity contribution in [2.24, 2.45) is 0 Å². The first kappa shape index (κ1) is 22.6. The molecule has 0 aliphatic carbocycles. The lowest BCUT2D eigenvalue weighted by Gasteiger charge is -2.10. The van der Waals surface area contributed by atoms with E-state index in [1.54, 1.807) is 24.3 Å². The Balaban J connectivity index is 1.39. The van der Waals surface area contributed by atoms with Crippen LogP contribution in [0.1, 0.15) is 5.82 Å². The topological polar surface area (TPSA) is 81.9 Å². The molecule has 4 rings (SSSR count). The molecule has 0 radical (unpaired) electrons. The number of aromatic nitrogens is 4. The number of halogens is 2. The molecular formula is C21H17Cl2N5O2S2. The third-order valence-corrected chi connectivity index (χ3v) is 6.69. The summed E-state index contributed by atoms with van der Waals surface area (Å²) < 4.78 is 8.62. The average Bonchev–Trinajstić information content (AvgIpc) is 3.36. The summed E-state index contributed by atoms with van der Waals surface area (Å²) in [5.41, 5.74) is 0.857.